The Morgan fingerprint density at radius 1 is 1.90 bits per heavy atom. The summed E-state index contributed by atoms with van der Waals surface area (Å²) in [6.07, 6.45) is 2.45. The van der Waals surface area contributed by atoms with Crippen molar-refractivity contribution in [3.05, 3.63) is 0 Å². The molecule has 0 aromatic heterocycles. The Hall–Kier alpha value is -0.860. The minimum atomic E-state index is -0.788. The van der Waals surface area contributed by atoms with Gasteiger partial charge in [0.25, 0.3) is 0 Å². The zero-order valence-corrected chi connectivity index (χ0v) is 6.00. The van der Waals surface area contributed by atoms with E-state index in [9.17, 15) is 4.79 Å². The van der Waals surface area contributed by atoms with Crippen LogP contribution in [0.4, 0.5) is 0 Å². The van der Waals surface area contributed by atoms with Crippen LogP contribution in [0.3, 0.4) is 0 Å². The Morgan fingerprint density at radius 2 is 2.60 bits per heavy atom. The van der Waals surface area contributed by atoms with Crippen molar-refractivity contribution in [1.82, 2.24) is 0 Å². The highest BCUT2D eigenvalue weighted by Gasteiger charge is 2.21. The van der Waals surface area contributed by atoms with Crippen LogP contribution in [0.15, 0.2) is 4.99 Å². The van der Waals surface area contributed by atoms with Gasteiger partial charge in [-0.15, -0.1) is 0 Å². The van der Waals surface area contributed by atoms with Gasteiger partial charge in [-0.3, -0.25) is 4.99 Å². The molecule has 1 unspecified atom stereocenters. The smallest absolute Gasteiger partial charge is 0.328 e. The molecule has 1 rings (SSSR count). The summed E-state index contributed by atoms with van der Waals surface area (Å²) in [5.41, 5.74) is 1.05. The molecule has 0 aromatic carbocycles. The summed E-state index contributed by atoms with van der Waals surface area (Å²) < 4.78 is 0. The Labute approximate surface area is 59.8 Å². The second-order valence-corrected chi connectivity index (χ2v) is 2.44. The standard InChI is InChI=1S/C7H11NO2/c1-2-5-3-4-6(8-5)7(9)10/h6H,2-4H2,1H3,(H,9,10). The van der Waals surface area contributed by atoms with E-state index in [-0.39, 0.29) is 0 Å². The van der Waals surface area contributed by atoms with Crippen LogP contribution >= 0.6 is 0 Å². The highest BCUT2D eigenvalue weighted by Crippen LogP contribution is 2.14. The van der Waals surface area contributed by atoms with Crippen molar-refractivity contribution < 1.29 is 9.90 Å². The molecule has 0 saturated carbocycles. The van der Waals surface area contributed by atoms with Gasteiger partial charge in [0.1, 0.15) is 6.04 Å². The van der Waals surface area contributed by atoms with Crippen LogP contribution in [-0.4, -0.2) is 22.8 Å². The Kier molecular flexibility index (Phi) is 2.04. The molecule has 0 saturated heterocycles. The highest BCUT2D eigenvalue weighted by atomic mass is 16.4. The van der Waals surface area contributed by atoms with Crippen molar-refractivity contribution in [1.29, 1.82) is 0 Å². The zero-order chi connectivity index (χ0) is 7.56. The first-order valence-electron chi connectivity index (χ1n) is 3.52. The fraction of sp³-hybridized carbons (Fsp3) is 0.714. The predicted octanol–water partition coefficient (Wildman–Crippen LogP) is 1.08. The average molecular weight is 141 g/mol. The maximum absolute atomic E-state index is 10.4. The molecule has 0 fully saturated rings. The lowest BCUT2D eigenvalue weighted by Gasteiger charge is -1.94. The van der Waals surface area contributed by atoms with E-state index in [2.05, 4.69) is 4.99 Å². The maximum Gasteiger partial charge on any atom is 0.328 e. The first-order valence-corrected chi connectivity index (χ1v) is 3.52. The van der Waals surface area contributed by atoms with E-state index in [1.165, 1.54) is 0 Å². The van der Waals surface area contributed by atoms with E-state index in [1.54, 1.807) is 0 Å². The average Bonchev–Trinajstić information content (AvgIpc) is 2.34. The Bertz CT molecular complexity index is 174. The largest absolute Gasteiger partial charge is 0.480 e. The van der Waals surface area contributed by atoms with Gasteiger partial charge in [-0.1, -0.05) is 6.92 Å². The summed E-state index contributed by atoms with van der Waals surface area (Å²) in [5.74, 6) is -0.788. The summed E-state index contributed by atoms with van der Waals surface area (Å²) in [6.45, 7) is 2.00. The number of nitrogens with zero attached hydrogens (tertiary/aromatic N) is 1. The SMILES string of the molecule is CCC1=NC(C(=O)O)CC1. The van der Waals surface area contributed by atoms with Crippen molar-refractivity contribution in [2.45, 2.75) is 32.2 Å². The topological polar surface area (TPSA) is 49.7 Å². The molecular formula is C7H11NO2. The van der Waals surface area contributed by atoms with Gasteiger partial charge < -0.3 is 5.11 Å². The molecule has 3 heteroatoms. The lowest BCUT2D eigenvalue weighted by atomic mass is 10.2. The molecule has 1 aliphatic rings. The van der Waals surface area contributed by atoms with Crippen LogP contribution in [0, 0.1) is 0 Å². The molecule has 0 aliphatic carbocycles. The molecule has 3 nitrogen and oxygen atoms in total. The number of carboxylic acid groups (broad SMARTS) is 1. The highest BCUT2D eigenvalue weighted by molar-refractivity contribution is 5.90. The molecule has 0 aromatic rings. The van der Waals surface area contributed by atoms with Crippen molar-refractivity contribution in [2.24, 2.45) is 4.99 Å². The molecule has 1 aliphatic heterocycles. The Morgan fingerprint density at radius 3 is 2.90 bits per heavy atom. The number of aliphatic imine (C=N–C) groups is 1. The number of carboxylic acids is 1. The molecule has 0 amide bonds. The van der Waals surface area contributed by atoms with Gasteiger partial charge >= 0.3 is 5.97 Å². The third-order valence-electron chi connectivity index (χ3n) is 1.74. The van der Waals surface area contributed by atoms with E-state index in [1.807, 2.05) is 6.92 Å². The third-order valence-corrected chi connectivity index (χ3v) is 1.74. The molecule has 0 bridgehead atoms. The molecule has 1 N–H and O–H groups in total. The quantitative estimate of drug-likeness (QED) is 0.625. The number of aliphatic carboxylic acids is 1. The van der Waals surface area contributed by atoms with Gasteiger partial charge in [-0.2, -0.15) is 0 Å². The molecule has 1 heterocycles. The molecule has 1 atom stereocenters. The number of carbonyl (C=O) groups is 1. The molecular weight excluding hydrogens is 130 g/mol. The summed E-state index contributed by atoms with van der Waals surface area (Å²) in [7, 11) is 0. The van der Waals surface area contributed by atoms with Crippen LogP contribution in [0.25, 0.3) is 0 Å². The molecule has 56 valence electrons. The van der Waals surface area contributed by atoms with Crippen molar-refractivity contribution in [2.75, 3.05) is 0 Å². The summed E-state index contributed by atoms with van der Waals surface area (Å²) in [5, 5.41) is 8.52. The van der Waals surface area contributed by atoms with Gasteiger partial charge in [-0.05, 0) is 19.3 Å². The van der Waals surface area contributed by atoms with Crippen LogP contribution in [0.1, 0.15) is 26.2 Å². The van der Waals surface area contributed by atoms with E-state index in [0.717, 1.165) is 18.6 Å². The summed E-state index contributed by atoms with van der Waals surface area (Å²) in [6, 6.07) is -0.449. The summed E-state index contributed by atoms with van der Waals surface area (Å²) in [4.78, 5) is 14.4. The van der Waals surface area contributed by atoms with E-state index >= 15 is 0 Å². The van der Waals surface area contributed by atoms with Gasteiger partial charge in [0, 0.05) is 5.71 Å². The van der Waals surface area contributed by atoms with Crippen LogP contribution < -0.4 is 0 Å². The van der Waals surface area contributed by atoms with Crippen LogP contribution in [-0.2, 0) is 4.79 Å². The second kappa shape index (κ2) is 2.82. The fourth-order valence-electron chi connectivity index (χ4n) is 1.10. The van der Waals surface area contributed by atoms with Crippen LogP contribution in [0.2, 0.25) is 0 Å². The van der Waals surface area contributed by atoms with Gasteiger partial charge in [0.15, 0.2) is 0 Å². The van der Waals surface area contributed by atoms with Gasteiger partial charge in [0.05, 0.1) is 0 Å². The number of hydrogen-bond donors (Lipinski definition) is 1. The van der Waals surface area contributed by atoms with Crippen LogP contribution in [0.5, 0.6) is 0 Å². The summed E-state index contributed by atoms with van der Waals surface area (Å²) >= 11 is 0. The molecule has 10 heavy (non-hydrogen) atoms. The van der Waals surface area contributed by atoms with Crippen molar-refractivity contribution >= 4 is 11.7 Å². The van der Waals surface area contributed by atoms with Crippen molar-refractivity contribution in [3.63, 3.8) is 0 Å². The first-order chi connectivity index (χ1) is 4.74. The normalized spacial score (nSPS) is 24.5. The minimum absolute atomic E-state index is 0.449. The lowest BCUT2D eigenvalue weighted by molar-refractivity contribution is -0.138. The predicted molar refractivity (Wildman–Crippen MR) is 38.4 cm³/mol. The monoisotopic (exact) mass is 141 g/mol. The van der Waals surface area contributed by atoms with Gasteiger partial charge in [0.2, 0.25) is 0 Å². The second-order valence-electron chi connectivity index (χ2n) is 2.44. The van der Waals surface area contributed by atoms with E-state index in [4.69, 9.17) is 5.11 Å². The molecule has 0 radical (unpaired) electrons. The maximum atomic E-state index is 10.4. The van der Waals surface area contributed by atoms with E-state index in [0.29, 0.717) is 6.42 Å². The molecule has 0 spiro atoms. The lowest BCUT2D eigenvalue weighted by Crippen LogP contribution is -2.13. The van der Waals surface area contributed by atoms with E-state index < -0.39 is 12.0 Å². The first kappa shape index (κ1) is 7.25. The number of rotatable bonds is 2. The minimum Gasteiger partial charge on any atom is -0.480 e. The van der Waals surface area contributed by atoms with Gasteiger partial charge in [-0.25, -0.2) is 4.79 Å². The van der Waals surface area contributed by atoms with Crippen molar-refractivity contribution in [3.8, 4) is 0 Å². The Balaban J connectivity index is 2.55. The number of hydrogen-bond acceptors (Lipinski definition) is 2. The third kappa shape index (κ3) is 1.35. The fourth-order valence-corrected chi connectivity index (χ4v) is 1.10. The zero-order valence-electron chi connectivity index (χ0n) is 6.00.